The first-order valence-electron chi connectivity index (χ1n) is 3.36. The maximum Gasteiger partial charge on any atom is 0.224 e. The topological polar surface area (TPSA) is 66.2 Å². The molecule has 1 aliphatic heterocycles. The molecule has 0 bridgehead atoms. The zero-order valence-electron chi connectivity index (χ0n) is 6.43. The molecule has 3 atom stereocenters. The standard InChI is InChI=1S/C6H14N2O.ClH/c1-3-4(7)5-6(2,8)9-5;/h4-5H,3,7-8H2,1-2H3;1H. The van der Waals surface area contributed by atoms with Crippen molar-refractivity contribution in [2.24, 2.45) is 5.73 Å². The maximum atomic E-state index is 5.69. The largest absolute Gasteiger partial charge is 1.00 e. The van der Waals surface area contributed by atoms with Crippen molar-refractivity contribution in [2.45, 2.75) is 38.1 Å². The van der Waals surface area contributed by atoms with Crippen molar-refractivity contribution in [3.05, 3.63) is 0 Å². The Morgan fingerprint density at radius 3 is 2.30 bits per heavy atom. The fraction of sp³-hybridized carbons (Fsp3) is 1.00. The lowest BCUT2D eigenvalue weighted by Gasteiger charge is -2.01. The predicted molar refractivity (Wildman–Crippen MR) is 34.4 cm³/mol. The maximum absolute atomic E-state index is 5.69. The fourth-order valence-corrected chi connectivity index (χ4v) is 1.01. The van der Waals surface area contributed by atoms with E-state index in [-0.39, 0.29) is 30.3 Å². The Kier molecular flexibility index (Phi) is 3.10. The molecule has 1 aliphatic rings. The first kappa shape index (κ1) is 10.2. The van der Waals surface area contributed by atoms with Crippen molar-refractivity contribution < 1.29 is 22.9 Å². The van der Waals surface area contributed by atoms with Gasteiger partial charge in [0, 0.05) is 13.0 Å². The lowest BCUT2D eigenvalue weighted by atomic mass is 10.1. The summed E-state index contributed by atoms with van der Waals surface area (Å²) < 4.78 is 5.22. The van der Waals surface area contributed by atoms with E-state index in [1.807, 2.05) is 6.92 Å². The zero-order valence-corrected chi connectivity index (χ0v) is 7.19. The van der Waals surface area contributed by atoms with Gasteiger partial charge in [0.25, 0.3) is 0 Å². The van der Waals surface area contributed by atoms with Gasteiger partial charge < -0.3 is 28.6 Å². The van der Waals surface area contributed by atoms with E-state index in [0.717, 1.165) is 6.42 Å². The number of ether oxygens (including phenoxy) is 1. The van der Waals surface area contributed by atoms with E-state index in [1.54, 1.807) is 0 Å². The highest BCUT2D eigenvalue weighted by Crippen LogP contribution is 2.30. The third kappa shape index (κ3) is 1.83. The Balaban J connectivity index is 0.000000810. The molecule has 0 aromatic heterocycles. The minimum atomic E-state index is -0.185. The molecule has 0 aromatic carbocycles. The van der Waals surface area contributed by atoms with Gasteiger partial charge in [-0.2, -0.15) is 0 Å². The first-order valence-corrected chi connectivity index (χ1v) is 3.36. The van der Waals surface area contributed by atoms with Crippen LogP contribution in [0, 0.1) is 0 Å². The summed E-state index contributed by atoms with van der Waals surface area (Å²) >= 11 is 0. The van der Waals surface area contributed by atoms with Crippen LogP contribution in [0.25, 0.3) is 0 Å². The normalized spacial score (nSPS) is 40.2. The van der Waals surface area contributed by atoms with Crippen LogP contribution in [0.1, 0.15) is 20.3 Å². The van der Waals surface area contributed by atoms with Gasteiger partial charge in [-0.3, -0.25) is 0 Å². The summed E-state index contributed by atoms with van der Waals surface area (Å²) in [4.78, 5) is 0. The molecule has 3 unspecified atom stereocenters. The molecule has 0 amide bonds. The van der Waals surface area contributed by atoms with Gasteiger partial charge in [-0.15, -0.1) is 0 Å². The van der Waals surface area contributed by atoms with Gasteiger partial charge in [0.05, 0.1) is 0 Å². The average molecular weight is 167 g/mol. The minimum Gasteiger partial charge on any atom is -1.00 e. The lowest BCUT2D eigenvalue weighted by molar-refractivity contribution is -0.463. The number of rotatable bonds is 2. The van der Waals surface area contributed by atoms with E-state index < -0.39 is 0 Å². The summed E-state index contributed by atoms with van der Waals surface area (Å²) in [6, 6.07) is 0.174. The number of halogens is 1. The molecule has 1 heterocycles. The summed E-state index contributed by atoms with van der Waals surface area (Å²) in [5.74, 6) is 0. The molecule has 10 heavy (non-hydrogen) atoms. The Morgan fingerprint density at radius 1 is 1.80 bits per heavy atom. The van der Waals surface area contributed by atoms with Gasteiger partial charge in [-0.1, -0.05) is 6.92 Å². The monoisotopic (exact) mass is 166 g/mol. The second-order valence-corrected chi connectivity index (χ2v) is 2.92. The second-order valence-electron chi connectivity index (χ2n) is 2.92. The van der Waals surface area contributed by atoms with Crippen molar-refractivity contribution >= 4 is 0 Å². The van der Waals surface area contributed by atoms with E-state index in [2.05, 4.69) is 12.7 Å². The van der Waals surface area contributed by atoms with Crippen LogP contribution in [-0.2, 0) is 4.74 Å². The number of quaternary nitrogens is 1. The van der Waals surface area contributed by atoms with E-state index >= 15 is 0 Å². The van der Waals surface area contributed by atoms with Crippen molar-refractivity contribution in [3.8, 4) is 0 Å². The molecule has 0 radical (unpaired) electrons. The van der Waals surface area contributed by atoms with Crippen LogP contribution >= 0.6 is 0 Å². The SMILES string of the molecule is CCC(N)C1OC1(C)[NH3+].[Cl-]. The van der Waals surface area contributed by atoms with Gasteiger partial charge in [-0.05, 0) is 6.42 Å². The highest BCUT2D eigenvalue weighted by molar-refractivity contribution is 4.94. The third-order valence-electron chi connectivity index (χ3n) is 1.80. The molecule has 5 N–H and O–H groups in total. The van der Waals surface area contributed by atoms with Crippen LogP contribution in [0.3, 0.4) is 0 Å². The van der Waals surface area contributed by atoms with Crippen LogP contribution in [0.15, 0.2) is 0 Å². The number of epoxide rings is 1. The lowest BCUT2D eigenvalue weighted by Crippen LogP contribution is -3.00. The summed E-state index contributed by atoms with van der Waals surface area (Å²) in [7, 11) is 0. The van der Waals surface area contributed by atoms with Crippen LogP contribution in [0.4, 0.5) is 0 Å². The molecule has 3 nitrogen and oxygen atoms in total. The van der Waals surface area contributed by atoms with E-state index in [0.29, 0.717) is 0 Å². The molecule has 62 valence electrons. The molecular formula is C6H15ClN2O. The third-order valence-corrected chi connectivity index (χ3v) is 1.80. The van der Waals surface area contributed by atoms with Crippen LogP contribution in [0.2, 0.25) is 0 Å². The van der Waals surface area contributed by atoms with Gasteiger partial charge in [0.2, 0.25) is 5.72 Å². The minimum absolute atomic E-state index is 0. The Hall–Kier alpha value is 0.170. The van der Waals surface area contributed by atoms with Gasteiger partial charge in [0.15, 0.2) is 6.10 Å². The Bertz CT molecular complexity index is 118. The van der Waals surface area contributed by atoms with Crippen molar-refractivity contribution in [1.82, 2.24) is 0 Å². The van der Waals surface area contributed by atoms with E-state index in [1.165, 1.54) is 0 Å². The zero-order chi connectivity index (χ0) is 7.07. The molecule has 0 aliphatic carbocycles. The van der Waals surface area contributed by atoms with Gasteiger partial charge in [0.1, 0.15) is 0 Å². The molecule has 4 heteroatoms. The molecule has 0 aromatic rings. The predicted octanol–water partition coefficient (Wildman–Crippen LogP) is -3.92. The number of nitrogens with two attached hydrogens (primary N) is 1. The van der Waals surface area contributed by atoms with Gasteiger partial charge >= 0.3 is 0 Å². The Morgan fingerprint density at radius 2 is 2.20 bits per heavy atom. The van der Waals surface area contributed by atoms with Crippen molar-refractivity contribution in [3.63, 3.8) is 0 Å². The summed E-state index contributed by atoms with van der Waals surface area (Å²) in [6.45, 7) is 4.02. The second kappa shape index (κ2) is 3.05. The molecule has 0 saturated carbocycles. The van der Waals surface area contributed by atoms with Crippen LogP contribution in [-0.4, -0.2) is 17.9 Å². The van der Waals surface area contributed by atoms with Crippen molar-refractivity contribution in [2.75, 3.05) is 0 Å². The van der Waals surface area contributed by atoms with Crippen LogP contribution < -0.4 is 23.9 Å². The van der Waals surface area contributed by atoms with E-state index in [4.69, 9.17) is 10.5 Å². The molecule has 1 rings (SSSR count). The number of hydrogen-bond acceptors (Lipinski definition) is 2. The quantitative estimate of drug-likeness (QED) is 0.412. The molecule has 1 fully saturated rings. The van der Waals surface area contributed by atoms with Crippen molar-refractivity contribution in [1.29, 1.82) is 0 Å². The molecular weight excluding hydrogens is 152 g/mol. The molecule has 1 saturated heterocycles. The average Bonchev–Trinajstić information content (AvgIpc) is 2.38. The summed E-state index contributed by atoms with van der Waals surface area (Å²) in [5.41, 5.74) is 9.33. The fourth-order valence-electron chi connectivity index (χ4n) is 1.01. The molecule has 0 spiro atoms. The summed E-state index contributed by atoms with van der Waals surface area (Å²) in [6.07, 6.45) is 1.16. The smallest absolute Gasteiger partial charge is 0.224 e. The Labute approximate surface area is 67.5 Å². The number of hydrogen-bond donors (Lipinski definition) is 2. The van der Waals surface area contributed by atoms with Crippen LogP contribution in [0.5, 0.6) is 0 Å². The highest BCUT2D eigenvalue weighted by atomic mass is 35.5. The van der Waals surface area contributed by atoms with E-state index in [9.17, 15) is 0 Å². The highest BCUT2D eigenvalue weighted by Gasteiger charge is 2.56. The first-order chi connectivity index (χ1) is 4.08. The van der Waals surface area contributed by atoms with Gasteiger partial charge in [-0.25, -0.2) is 0 Å². The summed E-state index contributed by atoms with van der Waals surface area (Å²) in [5, 5.41) is 0.